The molecule has 4 rings (SSSR count). The Morgan fingerprint density at radius 3 is 2.41 bits per heavy atom. The molecule has 0 bridgehead atoms. The second-order valence-corrected chi connectivity index (χ2v) is 10.2. The molecule has 0 spiro atoms. The van der Waals surface area contributed by atoms with Crippen LogP contribution in [0.5, 0.6) is 5.75 Å². The third kappa shape index (κ3) is 8.60. The maximum absolute atomic E-state index is 13.1. The molecule has 0 aliphatic carbocycles. The van der Waals surface area contributed by atoms with E-state index in [1.54, 1.807) is 6.07 Å². The molecular formula is C30H43N5O4. The van der Waals surface area contributed by atoms with Crippen LogP contribution in [0.3, 0.4) is 0 Å². The number of para-hydroxylation sites is 2. The van der Waals surface area contributed by atoms with Crippen molar-refractivity contribution < 1.29 is 19.1 Å². The smallest absolute Gasteiger partial charge is 0.411 e. The number of likely N-dealkylation sites (tertiary alicyclic amines) is 1. The number of hydrogen-bond donors (Lipinski definition) is 1. The Labute approximate surface area is 232 Å². The number of amides is 2. The van der Waals surface area contributed by atoms with Gasteiger partial charge in [0.2, 0.25) is 0 Å². The average Bonchev–Trinajstić information content (AvgIpc) is 2.97. The van der Waals surface area contributed by atoms with E-state index in [1.165, 1.54) is 19.3 Å². The van der Waals surface area contributed by atoms with Gasteiger partial charge >= 0.3 is 6.09 Å². The predicted octanol–water partition coefficient (Wildman–Crippen LogP) is 4.01. The van der Waals surface area contributed by atoms with Crippen molar-refractivity contribution in [2.24, 2.45) is 0 Å². The molecular weight excluding hydrogens is 494 g/mol. The first kappa shape index (κ1) is 28.7. The Kier molecular flexibility index (Phi) is 10.9. The minimum atomic E-state index is -0.483. The molecule has 0 aromatic heterocycles. The Hall–Kier alpha value is -3.30. The Morgan fingerprint density at radius 2 is 1.64 bits per heavy atom. The molecule has 2 heterocycles. The van der Waals surface area contributed by atoms with E-state index in [9.17, 15) is 9.59 Å². The van der Waals surface area contributed by atoms with Gasteiger partial charge < -0.3 is 24.2 Å². The van der Waals surface area contributed by atoms with Crippen molar-refractivity contribution in [3.8, 4) is 5.75 Å². The summed E-state index contributed by atoms with van der Waals surface area (Å²) in [5.41, 5.74) is 2.42. The van der Waals surface area contributed by atoms with Gasteiger partial charge in [-0.15, -0.1) is 0 Å². The number of nitrogens with zero attached hydrogens (tertiary/aromatic N) is 4. The molecule has 0 unspecified atom stereocenters. The topological polar surface area (TPSA) is 77.6 Å². The number of benzene rings is 2. The molecule has 9 nitrogen and oxygen atoms in total. The minimum absolute atomic E-state index is 0.0757. The number of nitrogens with one attached hydrogen (secondary N) is 1. The molecule has 2 amide bonds. The normalized spacial score (nSPS) is 16.5. The molecule has 2 aromatic rings. The number of ether oxygens (including phenoxy) is 2. The molecule has 2 fully saturated rings. The van der Waals surface area contributed by atoms with E-state index in [2.05, 4.69) is 26.1 Å². The molecule has 2 aromatic carbocycles. The zero-order chi connectivity index (χ0) is 27.5. The first-order chi connectivity index (χ1) is 19.0. The lowest BCUT2D eigenvalue weighted by Crippen LogP contribution is -2.47. The zero-order valence-electron chi connectivity index (χ0n) is 23.4. The van der Waals surface area contributed by atoms with E-state index in [0.29, 0.717) is 31.2 Å². The third-order valence-corrected chi connectivity index (χ3v) is 7.44. The van der Waals surface area contributed by atoms with Gasteiger partial charge in [0.15, 0.2) is 0 Å². The average molecular weight is 538 g/mol. The van der Waals surface area contributed by atoms with Crippen molar-refractivity contribution in [2.45, 2.75) is 26.2 Å². The van der Waals surface area contributed by atoms with Gasteiger partial charge in [0.05, 0.1) is 12.3 Å². The molecule has 212 valence electrons. The quantitative estimate of drug-likeness (QED) is 0.464. The number of rotatable bonds is 11. The number of piperazine rings is 1. The number of hydrogen-bond acceptors (Lipinski definition) is 7. The van der Waals surface area contributed by atoms with Crippen molar-refractivity contribution in [2.75, 3.05) is 89.4 Å². The van der Waals surface area contributed by atoms with Gasteiger partial charge in [-0.25, -0.2) is 4.79 Å². The number of anilines is 2. The highest BCUT2D eigenvalue weighted by atomic mass is 16.5. The molecule has 2 aliphatic heterocycles. The number of carbonyl (C=O) groups excluding carboxylic acids is 2. The Morgan fingerprint density at radius 1 is 0.897 bits per heavy atom. The molecule has 39 heavy (non-hydrogen) atoms. The van der Waals surface area contributed by atoms with Crippen LogP contribution in [-0.4, -0.2) is 106 Å². The Bertz CT molecular complexity index is 1070. The fraction of sp³-hybridized carbons (Fsp3) is 0.533. The number of carbonyl (C=O) groups is 2. The van der Waals surface area contributed by atoms with E-state index >= 15 is 0 Å². The Balaban J connectivity index is 1.18. The lowest BCUT2D eigenvalue weighted by molar-refractivity contribution is 0.0772. The summed E-state index contributed by atoms with van der Waals surface area (Å²) in [6.07, 6.45) is 3.36. The van der Waals surface area contributed by atoms with Gasteiger partial charge in [0.1, 0.15) is 12.4 Å². The molecule has 1 N–H and O–H groups in total. The zero-order valence-corrected chi connectivity index (χ0v) is 23.4. The van der Waals surface area contributed by atoms with Crippen molar-refractivity contribution in [1.82, 2.24) is 14.7 Å². The largest absolute Gasteiger partial charge is 0.492 e. The molecule has 0 radical (unpaired) electrons. The lowest BCUT2D eigenvalue weighted by Gasteiger charge is -2.36. The molecule has 9 heteroatoms. The van der Waals surface area contributed by atoms with Gasteiger partial charge in [0, 0.05) is 64.1 Å². The van der Waals surface area contributed by atoms with Gasteiger partial charge in [-0.3, -0.25) is 15.0 Å². The van der Waals surface area contributed by atoms with Crippen LogP contribution in [0.4, 0.5) is 16.2 Å². The summed E-state index contributed by atoms with van der Waals surface area (Å²) in [5, 5.41) is 2.76. The minimum Gasteiger partial charge on any atom is -0.492 e. The highest BCUT2D eigenvalue weighted by Crippen LogP contribution is 2.24. The number of piperidine rings is 1. The lowest BCUT2D eigenvalue weighted by atomic mass is 10.1. The van der Waals surface area contributed by atoms with Crippen LogP contribution in [0.2, 0.25) is 0 Å². The summed E-state index contributed by atoms with van der Waals surface area (Å²) in [6.45, 7) is 10.8. The predicted molar refractivity (Wildman–Crippen MR) is 155 cm³/mol. The summed E-state index contributed by atoms with van der Waals surface area (Å²) in [6, 6.07) is 15.3. The van der Waals surface area contributed by atoms with Crippen LogP contribution in [0.25, 0.3) is 0 Å². The van der Waals surface area contributed by atoms with Crippen LogP contribution < -0.4 is 15.0 Å². The summed E-state index contributed by atoms with van der Waals surface area (Å²) in [5.74, 6) is 0.703. The fourth-order valence-corrected chi connectivity index (χ4v) is 5.13. The summed E-state index contributed by atoms with van der Waals surface area (Å²) >= 11 is 0. The first-order valence-electron chi connectivity index (χ1n) is 14.2. The third-order valence-electron chi connectivity index (χ3n) is 7.44. The van der Waals surface area contributed by atoms with Gasteiger partial charge in [-0.1, -0.05) is 24.6 Å². The van der Waals surface area contributed by atoms with Crippen molar-refractivity contribution in [3.63, 3.8) is 0 Å². The second kappa shape index (κ2) is 14.7. The monoisotopic (exact) mass is 537 g/mol. The first-order valence-corrected chi connectivity index (χ1v) is 14.2. The number of likely N-dealkylation sites (N-methyl/N-ethyl adjacent to an activating group) is 1. The van der Waals surface area contributed by atoms with E-state index in [1.807, 2.05) is 55.3 Å². The van der Waals surface area contributed by atoms with Crippen molar-refractivity contribution in [3.05, 3.63) is 54.1 Å². The van der Waals surface area contributed by atoms with Crippen molar-refractivity contribution in [1.29, 1.82) is 0 Å². The van der Waals surface area contributed by atoms with Crippen molar-refractivity contribution >= 4 is 23.4 Å². The highest BCUT2D eigenvalue weighted by molar-refractivity contribution is 5.95. The maximum atomic E-state index is 13.1. The van der Waals surface area contributed by atoms with Crippen LogP contribution in [0.15, 0.2) is 48.5 Å². The van der Waals surface area contributed by atoms with E-state index in [4.69, 9.17) is 9.47 Å². The van der Waals surface area contributed by atoms with Crippen LogP contribution in [0, 0.1) is 0 Å². The molecule has 0 atom stereocenters. The van der Waals surface area contributed by atoms with Crippen LogP contribution >= 0.6 is 0 Å². The van der Waals surface area contributed by atoms with Gasteiger partial charge in [-0.2, -0.15) is 0 Å². The summed E-state index contributed by atoms with van der Waals surface area (Å²) < 4.78 is 11.0. The maximum Gasteiger partial charge on any atom is 0.411 e. The summed E-state index contributed by atoms with van der Waals surface area (Å²) in [4.78, 5) is 34.2. The molecule has 2 saturated heterocycles. The second-order valence-electron chi connectivity index (χ2n) is 10.2. The van der Waals surface area contributed by atoms with Crippen LogP contribution in [0.1, 0.15) is 36.5 Å². The van der Waals surface area contributed by atoms with Gasteiger partial charge in [-0.05, 0) is 63.2 Å². The molecule has 0 saturated carbocycles. The van der Waals surface area contributed by atoms with Gasteiger partial charge in [0.25, 0.3) is 5.91 Å². The highest BCUT2D eigenvalue weighted by Gasteiger charge is 2.20. The van der Waals surface area contributed by atoms with E-state index in [-0.39, 0.29) is 5.91 Å². The van der Waals surface area contributed by atoms with Crippen LogP contribution in [-0.2, 0) is 4.74 Å². The SMILES string of the molecule is CCOc1ccccc1NC(=O)OCCN1CCN(c2cccc(C(=O)N(C)CCN3CCCCC3)c2)CC1. The summed E-state index contributed by atoms with van der Waals surface area (Å²) in [7, 11) is 1.90. The standard InChI is InChI=1S/C30H43N5O4/c1-3-38-28-13-6-5-12-27(28)31-30(37)39-23-22-34-18-20-35(21-19-34)26-11-9-10-25(24-26)29(36)32(2)16-17-33-14-7-4-8-15-33/h5-6,9-13,24H,3-4,7-8,14-23H2,1-2H3,(H,31,37). The van der Waals surface area contributed by atoms with E-state index in [0.717, 1.165) is 63.6 Å². The van der Waals surface area contributed by atoms with E-state index < -0.39 is 6.09 Å². The fourth-order valence-electron chi connectivity index (χ4n) is 5.13. The molecule has 2 aliphatic rings.